The molecule has 0 bridgehead atoms. The van der Waals surface area contributed by atoms with E-state index in [9.17, 15) is 9.59 Å². The van der Waals surface area contributed by atoms with Crippen molar-refractivity contribution < 1.29 is 14.3 Å². The van der Waals surface area contributed by atoms with Gasteiger partial charge in [-0.2, -0.15) is 0 Å². The number of aryl methyl sites for hydroxylation is 1. The molecule has 0 fully saturated rings. The minimum absolute atomic E-state index is 0.0774. The van der Waals surface area contributed by atoms with Gasteiger partial charge in [0, 0.05) is 10.2 Å². The number of carbonyl (C=O) groups excluding carboxylic acids is 2. The van der Waals surface area contributed by atoms with Crippen LogP contribution in [0.5, 0.6) is 5.75 Å². The number of nitrogens with one attached hydrogen (secondary N) is 2. The van der Waals surface area contributed by atoms with Gasteiger partial charge in [-0.15, -0.1) is 0 Å². The summed E-state index contributed by atoms with van der Waals surface area (Å²) in [6.07, 6.45) is -1.12. The summed E-state index contributed by atoms with van der Waals surface area (Å²) < 4.78 is 6.59. The van der Waals surface area contributed by atoms with Crippen molar-refractivity contribution in [2.75, 3.05) is 5.32 Å². The molecule has 0 saturated carbocycles. The Labute approximate surface area is 173 Å². The third-order valence-electron chi connectivity index (χ3n) is 4.64. The molecule has 2 aromatic carbocycles. The molecule has 1 heterocycles. The molecule has 2 atom stereocenters. The molecule has 28 heavy (non-hydrogen) atoms. The first-order valence-corrected chi connectivity index (χ1v) is 9.99. The fourth-order valence-corrected chi connectivity index (χ4v) is 3.39. The smallest absolute Gasteiger partial charge is 0.279 e. The Morgan fingerprint density at radius 3 is 2.61 bits per heavy atom. The molecular weight excluding hydrogens is 422 g/mol. The van der Waals surface area contributed by atoms with Gasteiger partial charge in [-0.1, -0.05) is 48.0 Å². The van der Waals surface area contributed by atoms with Crippen LogP contribution >= 0.6 is 15.9 Å². The van der Waals surface area contributed by atoms with Gasteiger partial charge in [0.05, 0.1) is 5.56 Å². The number of hydrazine groups is 1. The lowest BCUT2D eigenvalue weighted by Gasteiger charge is -2.40. The Hall–Kier alpha value is -2.54. The zero-order valence-electron chi connectivity index (χ0n) is 16.3. The highest BCUT2D eigenvalue weighted by Gasteiger charge is 2.36. The first-order chi connectivity index (χ1) is 13.3. The Morgan fingerprint density at radius 2 is 1.93 bits per heavy atom. The number of hydrogen-bond donors (Lipinski definition) is 2. The van der Waals surface area contributed by atoms with Gasteiger partial charge in [-0.25, -0.2) is 5.01 Å². The topological polar surface area (TPSA) is 70.7 Å². The summed E-state index contributed by atoms with van der Waals surface area (Å²) in [6.45, 7) is 7.56. The highest BCUT2D eigenvalue weighted by molar-refractivity contribution is 9.10. The number of fused-ring (bicyclic) bond motifs is 1. The average molecular weight is 446 g/mol. The molecule has 0 radical (unpaired) electrons. The fourth-order valence-electron chi connectivity index (χ4n) is 3.03. The standard InChI is InChI=1S/C21H24BrN3O3/c1-12(2)19-23-17-10-9-15(22)11-16(17)21(27)25(19)24-20(26)14(4)28-18-8-6-5-7-13(18)3/h5-12,14,19,23H,1-4H3,(H,24,26). The van der Waals surface area contributed by atoms with Gasteiger partial charge in [0.1, 0.15) is 11.9 Å². The molecule has 0 spiro atoms. The number of anilines is 1. The Balaban J connectivity index is 1.79. The SMILES string of the molecule is Cc1ccccc1OC(C)C(=O)NN1C(=O)c2cc(Br)ccc2NC1C(C)C. The largest absolute Gasteiger partial charge is 0.481 e. The van der Waals surface area contributed by atoms with Crippen LogP contribution in [-0.2, 0) is 4.79 Å². The maximum atomic E-state index is 13.1. The zero-order chi connectivity index (χ0) is 20.4. The van der Waals surface area contributed by atoms with Gasteiger partial charge in [-0.3, -0.25) is 15.0 Å². The van der Waals surface area contributed by atoms with Gasteiger partial charge >= 0.3 is 0 Å². The number of nitrogens with zero attached hydrogens (tertiary/aromatic N) is 1. The van der Waals surface area contributed by atoms with Crippen molar-refractivity contribution in [1.82, 2.24) is 10.4 Å². The van der Waals surface area contributed by atoms with Crippen molar-refractivity contribution in [3.8, 4) is 5.75 Å². The summed E-state index contributed by atoms with van der Waals surface area (Å²) in [5, 5.41) is 4.70. The minimum Gasteiger partial charge on any atom is -0.481 e. The molecule has 6 nitrogen and oxygen atoms in total. The van der Waals surface area contributed by atoms with Crippen molar-refractivity contribution in [3.63, 3.8) is 0 Å². The molecule has 0 saturated heterocycles. The van der Waals surface area contributed by atoms with Crippen LogP contribution in [0.4, 0.5) is 5.69 Å². The van der Waals surface area contributed by atoms with Crippen molar-refractivity contribution >= 4 is 33.4 Å². The number of hydrogen-bond acceptors (Lipinski definition) is 4. The van der Waals surface area contributed by atoms with Crippen LogP contribution in [0.25, 0.3) is 0 Å². The van der Waals surface area contributed by atoms with Crippen LogP contribution in [0.3, 0.4) is 0 Å². The second-order valence-electron chi connectivity index (χ2n) is 7.20. The van der Waals surface area contributed by atoms with Crippen LogP contribution in [0.1, 0.15) is 36.7 Å². The molecule has 7 heteroatoms. The fraction of sp³-hybridized carbons (Fsp3) is 0.333. The highest BCUT2D eigenvalue weighted by Crippen LogP contribution is 2.29. The Bertz CT molecular complexity index is 900. The van der Waals surface area contributed by atoms with E-state index in [0.29, 0.717) is 11.3 Å². The quantitative estimate of drug-likeness (QED) is 0.726. The van der Waals surface area contributed by atoms with E-state index in [0.717, 1.165) is 15.7 Å². The van der Waals surface area contributed by atoms with E-state index in [1.54, 1.807) is 13.0 Å². The predicted molar refractivity (Wildman–Crippen MR) is 112 cm³/mol. The van der Waals surface area contributed by atoms with E-state index >= 15 is 0 Å². The lowest BCUT2D eigenvalue weighted by molar-refractivity contribution is -0.132. The molecule has 2 aromatic rings. The summed E-state index contributed by atoms with van der Waals surface area (Å²) in [5.41, 5.74) is 4.93. The Morgan fingerprint density at radius 1 is 1.21 bits per heavy atom. The van der Waals surface area contributed by atoms with Crippen LogP contribution in [-0.4, -0.2) is 29.1 Å². The van der Waals surface area contributed by atoms with Gasteiger partial charge in [0.15, 0.2) is 6.10 Å². The number of carbonyl (C=O) groups is 2. The second-order valence-corrected chi connectivity index (χ2v) is 8.12. The third-order valence-corrected chi connectivity index (χ3v) is 5.13. The van der Waals surface area contributed by atoms with E-state index in [-0.39, 0.29) is 23.9 Å². The first-order valence-electron chi connectivity index (χ1n) is 9.20. The highest BCUT2D eigenvalue weighted by atomic mass is 79.9. The van der Waals surface area contributed by atoms with Gasteiger partial charge in [0.2, 0.25) is 0 Å². The molecule has 3 rings (SSSR count). The van der Waals surface area contributed by atoms with E-state index in [2.05, 4.69) is 26.7 Å². The van der Waals surface area contributed by atoms with Gasteiger partial charge < -0.3 is 10.1 Å². The first kappa shape index (κ1) is 20.2. The van der Waals surface area contributed by atoms with Gasteiger partial charge in [0.25, 0.3) is 11.8 Å². The molecule has 1 aliphatic heterocycles. The maximum Gasteiger partial charge on any atom is 0.279 e. The third kappa shape index (κ3) is 4.14. The molecular formula is C21H24BrN3O3. The zero-order valence-corrected chi connectivity index (χ0v) is 17.9. The predicted octanol–water partition coefficient (Wildman–Crippen LogP) is 4.11. The molecule has 0 aromatic heterocycles. The molecule has 2 unspecified atom stereocenters. The molecule has 2 amide bonds. The second kappa shape index (κ2) is 8.22. The Kier molecular flexibility index (Phi) is 5.93. The molecule has 1 aliphatic rings. The number of benzene rings is 2. The summed E-state index contributed by atoms with van der Waals surface area (Å²) >= 11 is 3.39. The van der Waals surface area contributed by atoms with Crippen molar-refractivity contribution in [3.05, 3.63) is 58.1 Å². The lowest BCUT2D eigenvalue weighted by Crippen LogP contribution is -2.60. The van der Waals surface area contributed by atoms with Crippen LogP contribution in [0.2, 0.25) is 0 Å². The summed E-state index contributed by atoms with van der Waals surface area (Å²) in [4.78, 5) is 25.8. The van der Waals surface area contributed by atoms with Crippen LogP contribution < -0.4 is 15.5 Å². The minimum atomic E-state index is -0.759. The molecule has 2 N–H and O–H groups in total. The van der Waals surface area contributed by atoms with E-state index in [4.69, 9.17) is 4.74 Å². The average Bonchev–Trinajstić information content (AvgIpc) is 2.65. The van der Waals surface area contributed by atoms with E-state index < -0.39 is 6.10 Å². The molecule has 148 valence electrons. The number of amides is 2. The summed E-state index contributed by atoms with van der Waals surface area (Å²) in [7, 11) is 0. The van der Waals surface area contributed by atoms with Crippen molar-refractivity contribution in [2.24, 2.45) is 5.92 Å². The summed E-state index contributed by atoms with van der Waals surface area (Å²) in [6, 6.07) is 13.0. The van der Waals surface area contributed by atoms with Crippen LogP contribution in [0.15, 0.2) is 46.9 Å². The number of ether oxygens (including phenoxy) is 1. The van der Waals surface area contributed by atoms with Crippen molar-refractivity contribution in [1.29, 1.82) is 0 Å². The van der Waals surface area contributed by atoms with Crippen LogP contribution in [0, 0.1) is 12.8 Å². The van der Waals surface area contributed by atoms with Gasteiger partial charge in [-0.05, 0) is 49.6 Å². The number of halogens is 1. The normalized spacial score (nSPS) is 17.0. The number of para-hydroxylation sites is 1. The van der Waals surface area contributed by atoms with E-state index in [1.165, 1.54) is 5.01 Å². The number of rotatable bonds is 5. The maximum absolute atomic E-state index is 13.1. The molecule has 0 aliphatic carbocycles. The van der Waals surface area contributed by atoms with Crippen molar-refractivity contribution in [2.45, 2.75) is 40.0 Å². The lowest BCUT2D eigenvalue weighted by atomic mass is 10.0. The monoisotopic (exact) mass is 445 g/mol. The van der Waals surface area contributed by atoms with E-state index in [1.807, 2.05) is 57.2 Å². The summed E-state index contributed by atoms with van der Waals surface area (Å²) in [5.74, 6) is 0.0734.